The molecule has 21 heavy (non-hydrogen) atoms. The van der Waals surface area contributed by atoms with Crippen molar-refractivity contribution in [2.75, 3.05) is 33.9 Å². The molecule has 1 heterocycles. The Balaban J connectivity index is 2.36. The second-order valence-corrected chi connectivity index (χ2v) is 5.07. The fourth-order valence-corrected chi connectivity index (χ4v) is 2.38. The van der Waals surface area contributed by atoms with Crippen LogP contribution in [-0.2, 0) is 13.1 Å². The smallest absolute Gasteiger partial charge is 0.124 e. The first kappa shape index (κ1) is 15.8. The molecule has 0 spiro atoms. The van der Waals surface area contributed by atoms with Crippen molar-refractivity contribution >= 4 is 11.0 Å². The number of hydrogen-bond donors (Lipinski definition) is 2. The normalized spacial score (nSPS) is 11.5. The number of aromatic nitrogens is 2. The van der Waals surface area contributed by atoms with Gasteiger partial charge in [0.15, 0.2) is 0 Å². The second kappa shape index (κ2) is 7.40. The van der Waals surface area contributed by atoms with Gasteiger partial charge in [-0.1, -0.05) is 0 Å². The summed E-state index contributed by atoms with van der Waals surface area (Å²) in [4.78, 5) is 6.70. The van der Waals surface area contributed by atoms with Gasteiger partial charge >= 0.3 is 0 Å². The zero-order valence-electron chi connectivity index (χ0n) is 12.6. The van der Waals surface area contributed by atoms with E-state index in [0.29, 0.717) is 19.5 Å². The van der Waals surface area contributed by atoms with E-state index < -0.39 is 0 Å². The number of ether oxygens (including phenoxy) is 1. The minimum atomic E-state index is 0.126. The molecule has 1 aromatic carbocycles. The summed E-state index contributed by atoms with van der Waals surface area (Å²) in [7, 11) is 3.59. The molecule has 6 heteroatoms. The van der Waals surface area contributed by atoms with Gasteiger partial charge in [-0.2, -0.15) is 0 Å². The molecule has 0 radical (unpaired) electrons. The molecule has 2 N–H and O–H groups in total. The van der Waals surface area contributed by atoms with Gasteiger partial charge in [0.05, 0.1) is 31.3 Å². The predicted octanol–water partition coefficient (Wildman–Crippen LogP) is 0.851. The van der Waals surface area contributed by atoms with Crippen LogP contribution in [0.25, 0.3) is 11.0 Å². The Morgan fingerprint density at radius 2 is 2.10 bits per heavy atom. The second-order valence-electron chi connectivity index (χ2n) is 5.07. The van der Waals surface area contributed by atoms with Crippen LogP contribution < -0.4 is 4.74 Å². The lowest BCUT2D eigenvalue weighted by atomic mass is 10.3. The average Bonchev–Trinajstić information content (AvgIpc) is 2.81. The van der Waals surface area contributed by atoms with Gasteiger partial charge in [-0.25, -0.2) is 4.98 Å². The lowest BCUT2D eigenvalue weighted by Crippen LogP contribution is -2.23. The minimum Gasteiger partial charge on any atom is -0.497 e. The molecule has 0 aliphatic carbocycles. The van der Waals surface area contributed by atoms with Crippen molar-refractivity contribution in [1.29, 1.82) is 0 Å². The summed E-state index contributed by atoms with van der Waals surface area (Å²) in [6.45, 7) is 2.26. The monoisotopic (exact) mass is 293 g/mol. The molecule has 6 nitrogen and oxygen atoms in total. The highest BCUT2D eigenvalue weighted by molar-refractivity contribution is 5.77. The van der Waals surface area contributed by atoms with Crippen LogP contribution >= 0.6 is 0 Å². The van der Waals surface area contributed by atoms with Crippen LogP contribution in [0.5, 0.6) is 5.75 Å². The number of hydrogen-bond acceptors (Lipinski definition) is 5. The number of imidazole rings is 1. The molecular weight excluding hydrogens is 270 g/mol. The van der Waals surface area contributed by atoms with E-state index in [1.54, 1.807) is 7.11 Å². The maximum atomic E-state index is 9.08. The number of aliphatic hydroxyl groups excluding tert-OH is 2. The van der Waals surface area contributed by atoms with Gasteiger partial charge in [0.25, 0.3) is 0 Å². The Bertz CT molecular complexity index is 583. The lowest BCUT2D eigenvalue weighted by molar-refractivity contribution is 0.212. The standard InChI is InChI=1S/C15H23N3O3/c1-17(7-9-20)11-15-16-13-10-12(21-2)4-5-14(13)18(15)6-3-8-19/h4-5,10,19-20H,3,6-9,11H2,1-2H3. The number of aryl methyl sites for hydroxylation is 1. The molecule has 2 aromatic rings. The molecule has 0 saturated carbocycles. The maximum absolute atomic E-state index is 9.08. The molecule has 1 aromatic heterocycles. The Labute approximate surface area is 124 Å². The number of fused-ring (bicyclic) bond motifs is 1. The molecule has 0 atom stereocenters. The van der Waals surface area contributed by atoms with E-state index in [0.717, 1.165) is 29.2 Å². The highest BCUT2D eigenvalue weighted by Crippen LogP contribution is 2.22. The summed E-state index contributed by atoms with van der Waals surface area (Å²) in [5, 5.41) is 18.1. The Kier molecular flexibility index (Phi) is 5.55. The average molecular weight is 293 g/mol. The van der Waals surface area contributed by atoms with Crippen LogP contribution in [0.15, 0.2) is 18.2 Å². The molecule has 0 aliphatic heterocycles. The van der Waals surface area contributed by atoms with Gasteiger partial charge in [0.2, 0.25) is 0 Å². The largest absolute Gasteiger partial charge is 0.497 e. The van der Waals surface area contributed by atoms with E-state index in [9.17, 15) is 0 Å². The molecule has 0 bridgehead atoms. The Hall–Kier alpha value is -1.63. The fraction of sp³-hybridized carbons (Fsp3) is 0.533. The van der Waals surface area contributed by atoms with E-state index in [1.807, 2.05) is 30.1 Å². The molecule has 0 amide bonds. The number of rotatable bonds is 8. The van der Waals surface area contributed by atoms with Crippen molar-refractivity contribution in [3.63, 3.8) is 0 Å². The van der Waals surface area contributed by atoms with E-state index in [-0.39, 0.29) is 13.2 Å². The van der Waals surface area contributed by atoms with Crippen molar-refractivity contribution in [2.24, 2.45) is 0 Å². The van der Waals surface area contributed by atoms with Gasteiger partial charge < -0.3 is 19.5 Å². The quantitative estimate of drug-likeness (QED) is 0.755. The molecular formula is C15H23N3O3. The van der Waals surface area contributed by atoms with Crippen molar-refractivity contribution in [3.8, 4) is 5.75 Å². The summed E-state index contributed by atoms with van der Waals surface area (Å²) in [6.07, 6.45) is 0.689. The van der Waals surface area contributed by atoms with Gasteiger partial charge in [-0.15, -0.1) is 0 Å². The van der Waals surface area contributed by atoms with Gasteiger partial charge in [-0.05, 0) is 25.6 Å². The number of nitrogens with zero attached hydrogens (tertiary/aromatic N) is 3. The summed E-state index contributed by atoms with van der Waals surface area (Å²) in [6, 6.07) is 5.83. The van der Waals surface area contributed by atoms with Crippen molar-refractivity contribution in [3.05, 3.63) is 24.0 Å². The molecule has 0 fully saturated rings. The van der Waals surface area contributed by atoms with Crippen LogP contribution in [0.3, 0.4) is 0 Å². The summed E-state index contributed by atoms with van der Waals surface area (Å²) >= 11 is 0. The van der Waals surface area contributed by atoms with Gasteiger partial charge in [0.1, 0.15) is 11.6 Å². The van der Waals surface area contributed by atoms with Crippen LogP contribution in [0.1, 0.15) is 12.2 Å². The first-order valence-electron chi connectivity index (χ1n) is 7.13. The zero-order chi connectivity index (χ0) is 15.2. The Morgan fingerprint density at radius 3 is 2.76 bits per heavy atom. The first-order valence-corrected chi connectivity index (χ1v) is 7.13. The molecule has 116 valence electrons. The van der Waals surface area contributed by atoms with Crippen LogP contribution in [0.4, 0.5) is 0 Å². The summed E-state index contributed by atoms with van der Waals surface area (Å²) in [5.41, 5.74) is 1.93. The van der Waals surface area contributed by atoms with Gasteiger partial charge in [-0.3, -0.25) is 4.90 Å². The number of likely N-dealkylation sites (N-methyl/N-ethyl adjacent to an activating group) is 1. The summed E-state index contributed by atoms with van der Waals surface area (Å²) in [5.74, 6) is 1.72. The van der Waals surface area contributed by atoms with E-state index >= 15 is 0 Å². The van der Waals surface area contributed by atoms with Crippen molar-refractivity contribution in [1.82, 2.24) is 14.5 Å². The van der Waals surface area contributed by atoms with Crippen LogP contribution in [-0.4, -0.2) is 58.6 Å². The number of benzene rings is 1. The highest BCUT2D eigenvalue weighted by Gasteiger charge is 2.13. The van der Waals surface area contributed by atoms with E-state index in [1.165, 1.54) is 0 Å². The SMILES string of the molecule is COc1ccc2c(c1)nc(CN(C)CCO)n2CCCO. The predicted molar refractivity (Wildman–Crippen MR) is 81.4 cm³/mol. The highest BCUT2D eigenvalue weighted by atomic mass is 16.5. The molecule has 0 aliphatic rings. The third-order valence-corrected chi connectivity index (χ3v) is 3.47. The Morgan fingerprint density at radius 1 is 1.29 bits per heavy atom. The van der Waals surface area contributed by atoms with E-state index in [2.05, 4.69) is 9.55 Å². The maximum Gasteiger partial charge on any atom is 0.124 e. The lowest BCUT2D eigenvalue weighted by Gasteiger charge is -2.16. The van der Waals surface area contributed by atoms with Crippen LogP contribution in [0.2, 0.25) is 0 Å². The first-order chi connectivity index (χ1) is 10.2. The third kappa shape index (κ3) is 3.72. The number of aliphatic hydroxyl groups is 2. The van der Waals surface area contributed by atoms with Crippen molar-refractivity contribution < 1.29 is 14.9 Å². The fourth-order valence-electron chi connectivity index (χ4n) is 2.38. The minimum absolute atomic E-state index is 0.126. The van der Waals surface area contributed by atoms with E-state index in [4.69, 9.17) is 14.9 Å². The molecule has 0 unspecified atom stereocenters. The third-order valence-electron chi connectivity index (χ3n) is 3.47. The molecule has 2 rings (SSSR count). The zero-order valence-corrected chi connectivity index (χ0v) is 12.6. The number of methoxy groups -OCH3 is 1. The summed E-state index contributed by atoms with van der Waals surface area (Å²) < 4.78 is 7.36. The van der Waals surface area contributed by atoms with Crippen LogP contribution in [0, 0.1) is 0 Å². The van der Waals surface area contributed by atoms with Crippen molar-refractivity contribution in [2.45, 2.75) is 19.5 Å². The molecule has 0 saturated heterocycles. The van der Waals surface area contributed by atoms with Gasteiger partial charge in [0, 0.05) is 25.8 Å². The topological polar surface area (TPSA) is 70.8 Å².